The van der Waals surface area contributed by atoms with Crippen molar-refractivity contribution in [2.45, 2.75) is 243 Å². The number of carbonyl (C=O) groups is 1. The van der Waals surface area contributed by atoms with E-state index in [-0.39, 0.29) is 19.2 Å². The molecule has 0 aromatic rings. The van der Waals surface area contributed by atoms with Gasteiger partial charge in [-0.25, -0.2) is 0 Å². The van der Waals surface area contributed by atoms with E-state index in [0.29, 0.717) is 13.0 Å². The fourth-order valence-corrected chi connectivity index (χ4v) is 7.76. The van der Waals surface area contributed by atoms with Gasteiger partial charge in [0.1, 0.15) is 30.5 Å². The number of rotatable bonds is 46. The maximum absolute atomic E-state index is 12.9. The Hall–Kier alpha value is -2.89. The standard InChI is InChI=1S/C59H100O9/c1-3-5-7-9-11-13-15-17-19-21-23-25-26-27-29-31-33-35-37-39-41-43-45-47-49-65-51-53(52-66-59-58(64)57(63)56(62)54(50-60)68-59)67-55(61)48-46-44-42-40-38-36-34-32-30-28-24-22-20-18-16-14-12-10-8-6-4-2/h5,7,11,13,16-19,22-25,27,29-30,32,53-54,56-60,62-64H,3-4,6,8-10,12,14-15,20-21,26,28,31,33-52H2,1-2H3/b7-5-,13-11-,18-16-,19-17-,24-22-,25-23-,29-27-,32-30-. The zero-order chi connectivity index (χ0) is 49.2. The van der Waals surface area contributed by atoms with Crippen LogP contribution in [0.4, 0.5) is 0 Å². The van der Waals surface area contributed by atoms with E-state index in [2.05, 4.69) is 111 Å². The summed E-state index contributed by atoms with van der Waals surface area (Å²) < 4.78 is 22.9. The van der Waals surface area contributed by atoms with Crippen LogP contribution in [0.1, 0.15) is 206 Å². The number of hydrogen-bond donors (Lipinski definition) is 4. The summed E-state index contributed by atoms with van der Waals surface area (Å²) in [6.45, 7) is 4.40. The average Bonchev–Trinajstić information content (AvgIpc) is 3.34. The molecule has 0 radical (unpaired) electrons. The number of allylic oxidation sites excluding steroid dienone is 16. The van der Waals surface area contributed by atoms with Crippen LogP contribution in [-0.4, -0.2) is 89.6 Å². The van der Waals surface area contributed by atoms with Crippen molar-refractivity contribution in [3.63, 3.8) is 0 Å². The summed E-state index contributed by atoms with van der Waals surface area (Å²) >= 11 is 0. The third-order valence-corrected chi connectivity index (χ3v) is 12.0. The largest absolute Gasteiger partial charge is 0.457 e. The van der Waals surface area contributed by atoms with E-state index in [0.717, 1.165) is 103 Å². The molecule has 1 saturated heterocycles. The predicted molar refractivity (Wildman–Crippen MR) is 283 cm³/mol. The first kappa shape index (κ1) is 63.1. The van der Waals surface area contributed by atoms with Crippen molar-refractivity contribution in [1.29, 1.82) is 0 Å². The molecule has 1 rings (SSSR count). The van der Waals surface area contributed by atoms with E-state index in [1.807, 2.05) is 0 Å². The van der Waals surface area contributed by atoms with Crippen LogP contribution in [0.5, 0.6) is 0 Å². The fourth-order valence-electron chi connectivity index (χ4n) is 7.76. The highest BCUT2D eigenvalue weighted by Crippen LogP contribution is 2.23. The van der Waals surface area contributed by atoms with Crippen molar-refractivity contribution in [2.24, 2.45) is 0 Å². The van der Waals surface area contributed by atoms with E-state index < -0.39 is 43.4 Å². The highest BCUT2D eigenvalue weighted by atomic mass is 16.7. The molecular weight excluding hydrogens is 853 g/mol. The van der Waals surface area contributed by atoms with Gasteiger partial charge in [0.05, 0.1) is 19.8 Å². The summed E-state index contributed by atoms with van der Waals surface area (Å²) in [7, 11) is 0. The highest BCUT2D eigenvalue weighted by molar-refractivity contribution is 5.69. The van der Waals surface area contributed by atoms with Gasteiger partial charge < -0.3 is 39.4 Å². The molecule has 390 valence electrons. The second kappa shape index (κ2) is 49.1. The monoisotopic (exact) mass is 953 g/mol. The lowest BCUT2D eigenvalue weighted by Gasteiger charge is -2.39. The number of aliphatic hydroxyl groups is 4. The number of carbonyl (C=O) groups excluding carboxylic acids is 1. The zero-order valence-corrected chi connectivity index (χ0v) is 43.1. The molecule has 0 saturated carbocycles. The van der Waals surface area contributed by atoms with Crippen molar-refractivity contribution in [3.05, 3.63) is 97.2 Å². The highest BCUT2D eigenvalue weighted by Gasteiger charge is 2.44. The van der Waals surface area contributed by atoms with Gasteiger partial charge in [-0.2, -0.15) is 0 Å². The van der Waals surface area contributed by atoms with Gasteiger partial charge in [0.15, 0.2) is 6.29 Å². The van der Waals surface area contributed by atoms with Crippen LogP contribution in [0.15, 0.2) is 97.2 Å². The Morgan fingerprint density at radius 2 is 0.897 bits per heavy atom. The van der Waals surface area contributed by atoms with Crippen molar-refractivity contribution >= 4 is 5.97 Å². The number of aliphatic hydroxyl groups excluding tert-OH is 4. The van der Waals surface area contributed by atoms with Gasteiger partial charge in [-0.05, 0) is 96.3 Å². The molecule has 9 nitrogen and oxygen atoms in total. The maximum Gasteiger partial charge on any atom is 0.306 e. The van der Waals surface area contributed by atoms with Gasteiger partial charge >= 0.3 is 5.97 Å². The summed E-state index contributed by atoms with van der Waals surface area (Å²) in [5.41, 5.74) is 0. The van der Waals surface area contributed by atoms with Crippen molar-refractivity contribution < 1.29 is 44.2 Å². The van der Waals surface area contributed by atoms with Crippen LogP contribution in [0.25, 0.3) is 0 Å². The molecule has 0 aromatic heterocycles. The molecule has 0 aliphatic carbocycles. The average molecular weight is 953 g/mol. The second-order valence-corrected chi connectivity index (χ2v) is 18.3. The normalized spacial score (nSPS) is 19.9. The molecule has 0 bridgehead atoms. The lowest BCUT2D eigenvalue weighted by Crippen LogP contribution is -2.59. The van der Waals surface area contributed by atoms with E-state index in [1.54, 1.807) is 0 Å². The maximum atomic E-state index is 12.9. The van der Waals surface area contributed by atoms with Crippen LogP contribution in [0, 0.1) is 0 Å². The molecule has 6 unspecified atom stereocenters. The number of ether oxygens (including phenoxy) is 4. The van der Waals surface area contributed by atoms with Crippen molar-refractivity contribution in [1.82, 2.24) is 0 Å². The quantitative estimate of drug-likeness (QED) is 0.0267. The third-order valence-electron chi connectivity index (χ3n) is 12.0. The first-order valence-corrected chi connectivity index (χ1v) is 27.3. The topological polar surface area (TPSA) is 135 Å². The van der Waals surface area contributed by atoms with Gasteiger partial charge in [-0.1, -0.05) is 201 Å². The van der Waals surface area contributed by atoms with Gasteiger partial charge in [-0.15, -0.1) is 0 Å². The van der Waals surface area contributed by atoms with Crippen LogP contribution in [-0.2, 0) is 23.7 Å². The minimum atomic E-state index is -1.55. The smallest absolute Gasteiger partial charge is 0.306 e. The molecule has 1 aliphatic rings. The Bertz CT molecular complexity index is 1360. The second-order valence-electron chi connectivity index (χ2n) is 18.3. The molecule has 1 aliphatic heterocycles. The number of unbranched alkanes of at least 4 members (excludes halogenated alkanes) is 19. The molecular formula is C59H100O9. The molecule has 0 amide bonds. The first-order chi connectivity index (χ1) is 33.4. The van der Waals surface area contributed by atoms with Crippen molar-refractivity contribution in [2.75, 3.05) is 26.4 Å². The van der Waals surface area contributed by atoms with E-state index >= 15 is 0 Å². The van der Waals surface area contributed by atoms with E-state index in [9.17, 15) is 25.2 Å². The van der Waals surface area contributed by atoms with Gasteiger partial charge in [0.2, 0.25) is 0 Å². The molecule has 0 aromatic carbocycles. The van der Waals surface area contributed by atoms with Crippen LogP contribution in [0.3, 0.4) is 0 Å². The third kappa shape index (κ3) is 38.9. The summed E-state index contributed by atoms with van der Waals surface area (Å²) in [6, 6.07) is 0. The molecule has 1 fully saturated rings. The lowest BCUT2D eigenvalue weighted by atomic mass is 9.99. The number of esters is 1. The predicted octanol–water partition coefficient (Wildman–Crippen LogP) is 13.9. The Kier molecular flexibility index (Phi) is 45.6. The SMILES string of the molecule is CC/C=C\C/C=C\C/C=C\C/C=C\C/C=C\CCCCCCCCCCOCC(COC1OC(CO)C(O)C(O)C1O)OC(=O)CCCCCCCC/C=C\C/C=C\C/C=C\CCCCCCC. The van der Waals surface area contributed by atoms with Crippen LogP contribution < -0.4 is 0 Å². The Morgan fingerprint density at radius 1 is 0.485 bits per heavy atom. The fraction of sp³-hybridized carbons (Fsp3) is 0.712. The number of hydrogen-bond acceptors (Lipinski definition) is 9. The van der Waals surface area contributed by atoms with Crippen molar-refractivity contribution in [3.8, 4) is 0 Å². The van der Waals surface area contributed by atoms with Gasteiger partial charge in [0.25, 0.3) is 0 Å². The molecule has 1 heterocycles. The molecule has 0 spiro atoms. The lowest BCUT2D eigenvalue weighted by molar-refractivity contribution is -0.305. The van der Waals surface area contributed by atoms with Crippen LogP contribution in [0.2, 0.25) is 0 Å². The minimum absolute atomic E-state index is 0.127. The van der Waals surface area contributed by atoms with E-state index in [4.69, 9.17) is 18.9 Å². The molecule has 4 N–H and O–H groups in total. The van der Waals surface area contributed by atoms with Gasteiger partial charge in [-0.3, -0.25) is 4.79 Å². The summed E-state index contributed by atoms with van der Waals surface area (Å²) in [4.78, 5) is 12.9. The Balaban J connectivity index is 2.22. The van der Waals surface area contributed by atoms with E-state index in [1.165, 1.54) is 83.5 Å². The van der Waals surface area contributed by atoms with Crippen LogP contribution >= 0.6 is 0 Å². The Labute approximate surface area is 415 Å². The molecule has 9 heteroatoms. The summed E-state index contributed by atoms with van der Waals surface area (Å²) in [5.74, 6) is -0.332. The Morgan fingerprint density at radius 3 is 1.35 bits per heavy atom. The minimum Gasteiger partial charge on any atom is -0.457 e. The summed E-state index contributed by atoms with van der Waals surface area (Å²) in [5, 5.41) is 40.3. The summed E-state index contributed by atoms with van der Waals surface area (Å²) in [6.07, 6.45) is 61.5. The first-order valence-electron chi connectivity index (χ1n) is 27.3. The molecule has 6 atom stereocenters. The molecule has 68 heavy (non-hydrogen) atoms. The zero-order valence-electron chi connectivity index (χ0n) is 43.1. The van der Waals surface area contributed by atoms with Gasteiger partial charge in [0, 0.05) is 13.0 Å².